The number of furan rings is 2. The van der Waals surface area contributed by atoms with Gasteiger partial charge in [0.1, 0.15) is 22.3 Å². The first-order valence-corrected chi connectivity index (χ1v) is 22.0. The minimum atomic E-state index is -0.688. The minimum absolute atomic E-state index is 0.688. The van der Waals surface area contributed by atoms with E-state index in [0.717, 1.165) is 60.9 Å². The first kappa shape index (κ1) is 35.2. The summed E-state index contributed by atoms with van der Waals surface area (Å²) in [4.78, 5) is 2.42. The molecule has 2 aliphatic carbocycles. The van der Waals surface area contributed by atoms with Crippen molar-refractivity contribution in [3.8, 4) is 44.5 Å². The largest absolute Gasteiger partial charge is 0.456 e. The van der Waals surface area contributed by atoms with Gasteiger partial charge in [0.2, 0.25) is 0 Å². The number of hydrogen-bond donors (Lipinski definition) is 0. The maximum absolute atomic E-state index is 6.61. The maximum Gasteiger partial charge on any atom is 0.136 e. The lowest BCUT2D eigenvalue weighted by Crippen LogP contribution is -2.29. The highest BCUT2D eigenvalue weighted by atomic mass is 16.3. The monoisotopic (exact) mass is 815 g/mol. The molecule has 1 atom stereocenters. The van der Waals surface area contributed by atoms with Gasteiger partial charge in [0.15, 0.2) is 0 Å². The Morgan fingerprint density at radius 3 is 1.59 bits per heavy atom. The van der Waals surface area contributed by atoms with Crippen molar-refractivity contribution in [2.75, 3.05) is 4.90 Å². The van der Waals surface area contributed by atoms with Crippen molar-refractivity contribution < 1.29 is 8.83 Å². The summed E-state index contributed by atoms with van der Waals surface area (Å²) in [5.41, 5.74) is 20.8. The molecule has 2 heterocycles. The van der Waals surface area contributed by atoms with Gasteiger partial charge in [-0.2, -0.15) is 0 Å². The summed E-state index contributed by atoms with van der Waals surface area (Å²) in [6.07, 6.45) is 0. The van der Waals surface area contributed by atoms with Gasteiger partial charge in [-0.15, -0.1) is 0 Å². The van der Waals surface area contributed by atoms with Crippen molar-refractivity contribution in [1.82, 2.24) is 0 Å². The Morgan fingerprint density at radius 1 is 0.297 bits per heavy atom. The Labute approximate surface area is 369 Å². The maximum atomic E-state index is 6.61. The molecule has 0 amide bonds. The summed E-state index contributed by atoms with van der Waals surface area (Å²) in [5.74, 6) is 0. The molecule has 2 aliphatic rings. The molecule has 2 aromatic heterocycles. The van der Waals surface area contributed by atoms with Crippen LogP contribution in [0, 0.1) is 0 Å². The van der Waals surface area contributed by atoms with Crippen molar-refractivity contribution in [3.05, 3.63) is 247 Å². The van der Waals surface area contributed by atoms with Crippen LogP contribution in [-0.2, 0) is 5.41 Å². The van der Waals surface area contributed by atoms with Gasteiger partial charge in [0.25, 0.3) is 0 Å². The van der Waals surface area contributed by atoms with Crippen LogP contribution in [0.3, 0.4) is 0 Å². The van der Waals surface area contributed by atoms with Crippen LogP contribution in [0.1, 0.15) is 22.3 Å². The standard InChI is InChI=1S/C61H37NO2/c1-2-14-38(15-3-1)39-26-28-40(29-27-39)62(41-31-34-57-50(36-41)47-19-8-12-24-55(47)63-57)42-30-32-46-44-17-5-4-16-43(44)45-18-6-10-22-51(45)61(54(46)37-42)52-23-11-7-20-48(52)59-53(61)33-35-58-60(59)49-21-9-13-25-56(49)64-58/h1-37H. The Balaban J connectivity index is 1.09. The molecule has 1 unspecified atom stereocenters. The second kappa shape index (κ2) is 13.3. The molecule has 0 radical (unpaired) electrons. The fraction of sp³-hybridized carbons (Fsp3) is 0.0164. The zero-order valence-corrected chi connectivity index (χ0v) is 34.6. The highest BCUT2D eigenvalue weighted by Crippen LogP contribution is 2.63. The first-order valence-electron chi connectivity index (χ1n) is 22.0. The molecular formula is C61H37NO2. The van der Waals surface area contributed by atoms with Gasteiger partial charge in [-0.05, 0) is 127 Å². The summed E-state index contributed by atoms with van der Waals surface area (Å²) in [7, 11) is 0. The predicted octanol–water partition coefficient (Wildman–Crippen LogP) is 16.6. The summed E-state index contributed by atoms with van der Waals surface area (Å²) in [6, 6.07) is 81.9. The lowest BCUT2D eigenvalue weighted by molar-refractivity contribution is 0.668. The predicted molar refractivity (Wildman–Crippen MR) is 263 cm³/mol. The van der Waals surface area contributed by atoms with Crippen LogP contribution in [0.15, 0.2) is 233 Å². The molecular weight excluding hydrogens is 779 g/mol. The van der Waals surface area contributed by atoms with Crippen LogP contribution in [0.2, 0.25) is 0 Å². The van der Waals surface area contributed by atoms with E-state index in [1.165, 1.54) is 66.8 Å². The third-order valence-corrected chi connectivity index (χ3v) is 13.9. The first-order chi connectivity index (χ1) is 31.7. The summed E-state index contributed by atoms with van der Waals surface area (Å²) < 4.78 is 13.0. The van der Waals surface area contributed by atoms with Crippen molar-refractivity contribution in [2.24, 2.45) is 0 Å². The van der Waals surface area contributed by atoms with Gasteiger partial charge in [-0.3, -0.25) is 0 Å². The van der Waals surface area contributed by atoms with E-state index in [4.69, 9.17) is 8.83 Å². The van der Waals surface area contributed by atoms with E-state index in [9.17, 15) is 0 Å². The normalized spacial score (nSPS) is 14.6. The lowest BCUT2D eigenvalue weighted by Gasteiger charge is -2.36. The van der Waals surface area contributed by atoms with E-state index in [1.807, 2.05) is 12.1 Å². The molecule has 1 spiro atoms. The number of para-hydroxylation sites is 2. The quantitative estimate of drug-likeness (QED) is 0.177. The molecule has 0 N–H and O–H groups in total. The molecule has 0 bridgehead atoms. The lowest BCUT2D eigenvalue weighted by atomic mass is 9.65. The van der Waals surface area contributed by atoms with Crippen molar-refractivity contribution in [1.29, 1.82) is 0 Å². The third-order valence-electron chi connectivity index (χ3n) is 13.9. The van der Waals surface area contributed by atoms with E-state index in [1.54, 1.807) is 0 Å². The Hall–Kier alpha value is -8.40. The Bertz CT molecular complexity index is 3860. The average Bonchev–Trinajstić information content (AvgIpc) is 4.00. The van der Waals surface area contributed by atoms with E-state index >= 15 is 0 Å². The van der Waals surface area contributed by atoms with Gasteiger partial charge >= 0.3 is 0 Å². The van der Waals surface area contributed by atoms with E-state index in [2.05, 4.69) is 217 Å². The molecule has 298 valence electrons. The summed E-state index contributed by atoms with van der Waals surface area (Å²) in [6.45, 7) is 0. The summed E-state index contributed by atoms with van der Waals surface area (Å²) in [5, 5.41) is 4.48. The number of anilines is 3. The number of hydrogen-bond acceptors (Lipinski definition) is 3. The molecule has 3 nitrogen and oxygen atoms in total. The molecule has 0 saturated carbocycles. The molecule has 0 fully saturated rings. The minimum Gasteiger partial charge on any atom is -0.456 e. The van der Waals surface area contributed by atoms with Crippen LogP contribution in [-0.4, -0.2) is 0 Å². The van der Waals surface area contributed by atoms with Crippen LogP contribution in [0.5, 0.6) is 0 Å². The van der Waals surface area contributed by atoms with E-state index in [0.29, 0.717) is 0 Å². The van der Waals surface area contributed by atoms with Gasteiger partial charge in [0.05, 0.1) is 5.41 Å². The van der Waals surface area contributed by atoms with Crippen LogP contribution in [0.25, 0.3) is 88.4 Å². The van der Waals surface area contributed by atoms with Crippen LogP contribution in [0.4, 0.5) is 17.1 Å². The summed E-state index contributed by atoms with van der Waals surface area (Å²) >= 11 is 0. The van der Waals surface area contributed by atoms with Crippen molar-refractivity contribution in [3.63, 3.8) is 0 Å². The fourth-order valence-electron chi connectivity index (χ4n) is 11.3. The third kappa shape index (κ3) is 4.81. The van der Waals surface area contributed by atoms with Crippen LogP contribution >= 0.6 is 0 Å². The molecule has 0 aliphatic heterocycles. The van der Waals surface area contributed by atoms with Gasteiger partial charge < -0.3 is 13.7 Å². The van der Waals surface area contributed by atoms with Gasteiger partial charge in [0, 0.05) is 38.6 Å². The molecule has 3 heteroatoms. The van der Waals surface area contributed by atoms with E-state index in [-0.39, 0.29) is 0 Å². The zero-order chi connectivity index (χ0) is 41.9. The van der Waals surface area contributed by atoms with Gasteiger partial charge in [-0.25, -0.2) is 0 Å². The second-order valence-corrected chi connectivity index (χ2v) is 17.1. The Kier molecular flexibility index (Phi) is 7.32. The molecule has 64 heavy (non-hydrogen) atoms. The topological polar surface area (TPSA) is 29.5 Å². The smallest absolute Gasteiger partial charge is 0.136 e. The average molecular weight is 816 g/mol. The second-order valence-electron chi connectivity index (χ2n) is 17.1. The molecule has 12 aromatic rings. The highest BCUT2D eigenvalue weighted by Gasteiger charge is 2.50. The molecule has 14 rings (SSSR count). The Morgan fingerprint density at radius 2 is 0.812 bits per heavy atom. The van der Waals surface area contributed by atoms with Gasteiger partial charge in [-0.1, -0.05) is 164 Å². The highest BCUT2D eigenvalue weighted by molar-refractivity contribution is 6.16. The SMILES string of the molecule is c1ccc(-c2ccc(N(c3ccc4c(c3)C3(c5ccccc5-c5ccccc5-4)c4ccccc4-c4c3ccc3oc5ccccc5c43)c3ccc4oc5ccccc5c4c3)cc2)cc1. The molecule has 10 aromatic carbocycles. The van der Waals surface area contributed by atoms with Crippen molar-refractivity contribution >= 4 is 60.9 Å². The fourth-order valence-corrected chi connectivity index (χ4v) is 11.3. The zero-order valence-electron chi connectivity index (χ0n) is 34.6. The number of benzene rings is 10. The molecule has 0 saturated heterocycles. The van der Waals surface area contributed by atoms with Crippen molar-refractivity contribution in [2.45, 2.75) is 5.41 Å². The van der Waals surface area contributed by atoms with Crippen LogP contribution < -0.4 is 4.90 Å². The number of rotatable bonds is 4. The number of nitrogens with zero attached hydrogens (tertiary/aromatic N) is 1. The van der Waals surface area contributed by atoms with E-state index < -0.39 is 5.41 Å². The number of fused-ring (bicyclic) bond motifs is 19.